The molecule has 0 bridgehead atoms. The SMILES string of the molecule is Cl.c1cnc2nccnc2c1. The molecule has 2 aromatic rings. The predicted octanol–water partition coefficient (Wildman–Crippen LogP) is 1.45. The highest BCUT2D eigenvalue weighted by Gasteiger charge is 1.89. The van der Waals surface area contributed by atoms with Crippen LogP contribution in [0.5, 0.6) is 0 Å². The van der Waals surface area contributed by atoms with Crippen molar-refractivity contribution in [3.8, 4) is 0 Å². The third kappa shape index (κ3) is 1.43. The fourth-order valence-corrected chi connectivity index (χ4v) is 0.806. The third-order valence-corrected chi connectivity index (χ3v) is 1.24. The zero-order chi connectivity index (χ0) is 6.81. The van der Waals surface area contributed by atoms with E-state index in [1.165, 1.54) is 0 Å². The highest BCUT2D eigenvalue weighted by atomic mass is 35.5. The second kappa shape index (κ2) is 3.25. The zero-order valence-corrected chi connectivity index (χ0v) is 6.45. The highest BCUT2D eigenvalue weighted by Crippen LogP contribution is 2.00. The summed E-state index contributed by atoms with van der Waals surface area (Å²) in [6.07, 6.45) is 5.00. The van der Waals surface area contributed by atoms with Crippen molar-refractivity contribution in [1.82, 2.24) is 15.0 Å². The Balaban J connectivity index is 0.000000605. The first-order chi connectivity index (χ1) is 4.97. The number of hydrogen-bond acceptors (Lipinski definition) is 3. The van der Waals surface area contributed by atoms with Crippen LogP contribution in [0, 0.1) is 0 Å². The molecule has 4 heteroatoms. The van der Waals surface area contributed by atoms with Crippen LogP contribution < -0.4 is 0 Å². The van der Waals surface area contributed by atoms with E-state index in [0.717, 1.165) is 5.52 Å². The van der Waals surface area contributed by atoms with Crippen molar-refractivity contribution in [2.24, 2.45) is 0 Å². The molecule has 0 aromatic carbocycles. The van der Waals surface area contributed by atoms with Gasteiger partial charge in [0.15, 0.2) is 5.65 Å². The maximum absolute atomic E-state index is 4.06. The van der Waals surface area contributed by atoms with Crippen LogP contribution in [0.25, 0.3) is 11.2 Å². The summed E-state index contributed by atoms with van der Waals surface area (Å²) in [5.74, 6) is 0. The van der Waals surface area contributed by atoms with E-state index in [0.29, 0.717) is 5.65 Å². The first-order valence-electron chi connectivity index (χ1n) is 2.98. The summed E-state index contributed by atoms with van der Waals surface area (Å²) in [6, 6.07) is 3.73. The number of rotatable bonds is 0. The molecule has 0 fully saturated rings. The van der Waals surface area contributed by atoms with Gasteiger partial charge in [-0.2, -0.15) is 0 Å². The Kier molecular flexibility index (Phi) is 2.33. The molecular weight excluding hydrogens is 162 g/mol. The van der Waals surface area contributed by atoms with Gasteiger partial charge in [-0.15, -0.1) is 12.4 Å². The smallest absolute Gasteiger partial charge is 0.178 e. The second-order valence-corrected chi connectivity index (χ2v) is 1.90. The van der Waals surface area contributed by atoms with E-state index in [1.54, 1.807) is 18.6 Å². The largest absolute Gasteiger partial charge is 0.251 e. The minimum atomic E-state index is 0. The monoisotopic (exact) mass is 167 g/mol. The van der Waals surface area contributed by atoms with Crippen LogP contribution in [-0.4, -0.2) is 15.0 Å². The summed E-state index contributed by atoms with van der Waals surface area (Å²) in [5, 5.41) is 0. The highest BCUT2D eigenvalue weighted by molar-refractivity contribution is 5.85. The van der Waals surface area contributed by atoms with Gasteiger partial charge in [0.1, 0.15) is 5.52 Å². The molecule has 0 aliphatic heterocycles. The van der Waals surface area contributed by atoms with Gasteiger partial charge in [-0.3, -0.25) is 4.98 Å². The fraction of sp³-hybridized carbons (Fsp3) is 0. The molecule has 0 aliphatic carbocycles. The maximum atomic E-state index is 4.06. The van der Waals surface area contributed by atoms with Crippen LogP contribution in [0.1, 0.15) is 0 Å². The molecule has 0 saturated carbocycles. The van der Waals surface area contributed by atoms with Crippen LogP contribution >= 0.6 is 12.4 Å². The van der Waals surface area contributed by atoms with E-state index in [2.05, 4.69) is 15.0 Å². The lowest BCUT2D eigenvalue weighted by Gasteiger charge is -1.89. The van der Waals surface area contributed by atoms with Crippen molar-refractivity contribution in [3.63, 3.8) is 0 Å². The quantitative estimate of drug-likeness (QED) is 0.596. The second-order valence-electron chi connectivity index (χ2n) is 1.90. The zero-order valence-electron chi connectivity index (χ0n) is 5.64. The lowest BCUT2D eigenvalue weighted by atomic mass is 10.4. The van der Waals surface area contributed by atoms with Crippen LogP contribution in [0.15, 0.2) is 30.7 Å². The summed E-state index contributed by atoms with van der Waals surface area (Å²) in [6.45, 7) is 0. The van der Waals surface area contributed by atoms with Gasteiger partial charge in [0, 0.05) is 18.6 Å². The Hall–Kier alpha value is -1.22. The van der Waals surface area contributed by atoms with Crippen molar-refractivity contribution in [3.05, 3.63) is 30.7 Å². The fourth-order valence-electron chi connectivity index (χ4n) is 0.806. The van der Waals surface area contributed by atoms with Crippen LogP contribution in [0.3, 0.4) is 0 Å². The summed E-state index contributed by atoms with van der Waals surface area (Å²) in [7, 11) is 0. The van der Waals surface area contributed by atoms with Crippen molar-refractivity contribution < 1.29 is 0 Å². The van der Waals surface area contributed by atoms with E-state index in [9.17, 15) is 0 Å². The lowest BCUT2D eigenvalue weighted by Crippen LogP contribution is -1.83. The molecule has 2 rings (SSSR count). The van der Waals surface area contributed by atoms with Gasteiger partial charge >= 0.3 is 0 Å². The molecule has 2 heterocycles. The molecule has 0 saturated heterocycles. The molecule has 3 nitrogen and oxygen atoms in total. The van der Waals surface area contributed by atoms with Crippen molar-refractivity contribution >= 4 is 23.6 Å². The Labute approximate surface area is 69.9 Å². The predicted molar refractivity (Wildman–Crippen MR) is 44.6 cm³/mol. The number of fused-ring (bicyclic) bond motifs is 1. The van der Waals surface area contributed by atoms with E-state index in [4.69, 9.17) is 0 Å². The average Bonchev–Trinajstić information content (AvgIpc) is 2.05. The molecule has 0 radical (unpaired) electrons. The minimum Gasteiger partial charge on any atom is -0.251 e. The molecule has 56 valence electrons. The Morgan fingerprint density at radius 3 is 2.45 bits per heavy atom. The Morgan fingerprint density at radius 2 is 1.64 bits per heavy atom. The molecule has 11 heavy (non-hydrogen) atoms. The van der Waals surface area contributed by atoms with Crippen molar-refractivity contribution in [2.75, 3.05) is 0 Å². The molecule has 2 aromatic heterocycles. The van der Waals surface area contributed by atoms with Crippen LogP contribution in [0.4, 0.5) is 0 Å². The third-order valence-electron chi connectivity index (χ3n) is 1.24. The summed E-state index contributed by atoms with van der Waals surface area (Å²) >= 11 is 0. The topological polar surface area (TPSA) is 38.7 Å². The molecule has 0 spiro atoms. The maximum Gasteiger partial charge on any atom is 0.178 e. The van der Waals surface area contributed by atoms with E-state index in [-0.39, 0.29) is 12.4 Å². The normalized spacial score (nSPS) is 9.09. The number of nitrogens with zero attached hydrogens (tertiary/aromatic N) is 3. The van der Waals surface area contributed by atoms with E-state index in [1.807, 2.05) is 12.1 Å². The first-order valence-corrected chi connectivity index (χ1v) is 2.98. The van der Waals surface area contributed by atoms with E-state index >= 15 is 0 Å². The van der Waals surface area contributed by atoms with Gasteiger partial charge in [-0.05, 0) is 12.1 Å². The lowest BCUT2D eigenvalue weighted by molar-refractivity contribution is 1.22. The van der Waals surface area contributed by atoms with Crippen molar-refractivity contribution in [1.29, 1.82) is 0 Å². The number of aromatic nitrogens is 3. The number of pyridine rings is 1. The van der Waals surface area contributed by atoms with Gasteiger partial charge in [0.25, 0.3) is 0 Å². The van der Waals surface area contributed by atoms with Crippen LogP contribution in [-0.2, 0) is 0 Å². The average molecular weight is 168 g/mol. The summed E-state index contributed by atoms with van der Waals surface area (Å²) in [4.78, 5) is 12.1. The van der Waals surface area contributed by atoms with Gasteiger partial charge in [0.2, 0.25) is 0 Å². The number of halogens is 1. The van der Waals surface area contributed by atoms with Gasteiger partial charge in [-0.25, -0.2) is 9.97 Å². The molecule has 0 amide bonds. The van der Waals surface area contributed by atoms with Gasteiger partial charge < -0.3 is 0 Å². The van der Waals surface area contributed by atoms with Crippen molar-refractivity contribution in [2.45, 2.75) is 0 Å². The van der Waals surface area contributed by atoms with Gasteiger partial charge in [-0.1, -0.05) is 0 Å². The molecule has 0 atom stereocenters. The van der Waals surface area contributed by atoms with Gasteiger partial charge in [0.05, 0.1) is 0 Å². The Bertz CT molecular complexity index is 285. The first kappa shape index (κ1) is 7.88. The molecular formula is C7H6ClN3. The van der Waals surface area contributed by atoms with E-state index < -0.39 is 0 Å². The molecule has 0 unspecified atom stereocenters. The summed E-state index contributed by atoms with van der Waals surface area (Å²) < 4.78 is 0. The standard InChI is InChI=1S/C7H5N3.ClH/c1-2-6-7(9-3-1)10-5-4-8-6;/h1-5H;1H. The Morgan fingerprint density at radius 1 is 0.909 bits per heavy atom. The van der Waals surface area contributed by atoms with Crippen LogP contribution in [0.2, 0.25) is 0 Å². The molecule has 0 aliphatic rings. The number of hydrogen-bond donors (Lipinski definition) is 0. The molecule has 0 N–H and O–H groups in total. The summed E-state index contributed by atoms with van der Waals surface area (Å²) in [5.41, 5.74) is 1.54. The minimum absolute atomic E-state index is 0.